The number of aromatic amines is 1. The smallest absolute Gasteiger partial charge is 0.258 e. The number of halogens is 1. The van der Waals surface area contributed by atoms with Crippen molar-refractivity contribution in [1.29, 1.82) is 0 Å². The van der Waals surface area contributed by atoms with Crippen LogP contribution in [-0.2, 0) is 6.54 Å². The zero-order valence-corrected chi connectivity index (χ0v) is 10.5. The number of hydrogen-bond donors (Lipinski definition) is 1. The predicted molar refractivity (Wildman–Crippen MR) is 69.5 cm³/mol. The summed E-state index contributed by atoms with van der Waals surface area (Å²) in [7, 11) is 3.82. The largest absolute Gasteiger partial charge is 0.337 e. The Hall–Kier alpha value is -2.21. The summed E-state index contributed by atoms with van der Waals surface area (Å²) in [5.41, 5.74) is 0.656. The van der Waals surface area contributed by atoms with Gasteiger partial charge in [-0.05, 0) is 26.2 Å². The van der Waals surface area contributed by atoms with Crippen LogP contribution in [0.2, 0.25) is 0 Å². The van der Waals surface area contributed by atoms with E-state index in [9.17, 15) is 9.18 Å². The molecule has 2 heterocycles. The molecular formula is C13H12FN3O2. The third kappa shape index (κ3) is 1.90. The summed E-state index contributed by atoms with van der Waals surface area (Å²) in [5.74, 6) is -0.442. The highest BCUT2D eigenvalue weighted by atomic mass is 19.1. The average Bonchev–Trinajstić information content (AvgIpc) is 2.72. The van der Waals surface area contributed by atoms with Crippen molar-refractivity contribution in [3.63, 3.8) is 0 Å². The van der Waals surface area contributed by atoms with Crippen LogP contribution in [0.15, 0.2) is 27.5 Å². The molecule has 1 aromatic carbocycles. The highest BCUT2D eigenvalue weighted by Crippen LogP contribution is 2.25. The Morgan fingerprint density at radius 3 is 2.89 bits per heavy atom. The van der Waals surface area contributed by atoms with Crippen molar-refractivity contribution in [3.8, 4) is 0 Å². The van der Waals surface area contributed by atoms with E-state index in [2.05, 4.69) is 10.1 Å². The molecule has 0 aliphatic carbocycles. The zero-order chi connectivity index (χ0) is 13.6. The van der Waals surface area contributed by atoms with Crippen molar-refractivity contribution < 1.29 is 8.91 Å². The van der Waals surface area contributed by atoms with E-state index in [1.807, 2.05) is 19.0 Å². The van der Waals surface area contributed by atoms with Gasteiger partial charge in [0.05, 0.1) is 10.8 Å². The molecule has 0 atom stereocenters. The minimum Gasteiger partial charge on any atom is -0.337 e. The number of nitrogens with zero attached hydrogens (tertiary/aromatic N) is 2. The van der Waals surface area contributed by atoms with Gasteiger partial charge in [0.1, 0.15) is 11.5 Å². The summed E-state index contributed by atoms with van der Waals surface area (Å²) in [6.45, 7) is 0.575. The minimum atomic E-state index is -0.442. The van der Waals surface area contributed by atoms with Gasteiger partial charge >= 0.3 is 0 Å². The molecule has 0 saturated heterocycles. The molecule has 19 heavy (non-hydrogen) atoms. The zero-order valence-electron chi connectivity index (χ0n) is 10.5. The van der Waals surface area contributed by atoms with Crippen LogP contribution < -0.4 is 5.56 Å². The number of pyridine rings is 1. The fourth-order valence-corrected chi connectivity index (χ4v) is 2.19. The first kappa shape index (κ1) is 11.9. The lowest BCUT2D eigenvalue weighted by Gasteiger charge is -2.06. The summed E-state index contributed by atoms with van der Waals surface area (Å²) in [6.07, 6.45) is 0. The molecule has 0 saturated carbocycles. The lowest BCUT2D eigenvalue weighted by molar-refractivity contribution is 0.371. The molecule has 0 radical (unpaired) electrons. The second-order valence-electron chi connectivity index (χ2n) is 4.72. The fourth-order valence-electron chi connectivity index (χ4n) is 2.19. The molecule has 0 fully saturated rings. The highest BCUT2D eigenvalue weighted by molar-refractivity contribution is 6.04. The van der Waals surface area contributed by atoms with E-state index in [0.717, 1.165) is 5.39 Å². The number of rotatable bonds is 2. The van der Waals surface area contributed by atoms with Crippen LogP contribution in [0.5, 0.6) is 0 Å². The Labute approximate surface area is 107 Å². The van der Waals surface area contributed by atoms with Crippen molar-refractivity contribution >= 4 is 21.9 Å². The Bertz CT molecular complexity index is 820. The summed E-state index contributed by atoms with van der Waals surface area (Å²) < 4.78 is 18.4. The lowest BCUT2D eigenvalue weighted by atomic mass is 10.1. The summed E-state index contributed by atoms with van der Waals surface area (Å²) in [6, 6.07) is 4.13. The molecule has 0 aliphatic heterocycles. The van der Waals surface area contributed by atoms with E-state index in [1.165, 1.54) is 12.1 Å². The molecule has 0 unspecified atom stereocenters. The number of fused-ring (bicyclic) bond motifs is 3. The normalized spacial score (nSPS) is 11.8. The molecule has 3 aromatic rings. The van der Waals surface area contributed by atoms with Crippen LogP contribution in [-0.4, -0.2) is 29.1 Å². The first-order chi connectivity index (χ1) is 9.06. The van der Waals surface area contributed by atoms with Crippen LogP contribution in [0.4, 0.5) is 4.39 Å². The standard InChI is InChI=1S/C13H12FN3O2/c1-17(2)6-10-11-8-4-3-7(14)5-9(8)12(18)15-13(11)19-16-10/h3-5H,6H2,1-2H3,(H,15,18). The number of aromatic nitrogens is 2. The third-order valence-electron chi connectivity index (χ3n) is 2.95. The summed E-state index contributed by atoms with van der Waals surface area (Å²) in [5, 5.41) is 5.65. The molecule has 6 heteroatoms. The van der Waals surface area contributed by atoms with Crippen LogP contribution in [0.3, 0.4) is 0 Å². The van der Waals surface area contributed by atoms with Crippen LogP contribution in [0.1, 0.15) is 5.69 Å². The van der Waals surface area contributed by atoms with Gasteiger partial charge in [-0.3, -0.25) is 9.78 Å². The Balaban J connectivity index is 2.42. The molecule has 0 amide bonds. The van der Waals surface area contributed by atoms with E-state index in [0.29, 0.717) is 28.7 Å². The Morgan fingerprint density at radius 2 is 2.16 bits per heavy atom. The van der Waals surface area contributed by atoms with Crippen molar-refractivity contribution in [1.82, 2.24) is 15.0 Å². The van der Waals surface area contributed by atoms with Crippen LogP contribution >= 0.6 is 0 Å². The molecule has 0 aliphatic rings. The quantitative estimate of drug-likeness (QED) is 0.765. The Morgan fingerprint density at radius 1 is 1.37 bits per heavy atom. The lowest BCUT2D eigenvalue weighted by Crippen LogP contribution is -2.11. The van der Waals surface area contributed by atoms with Gasteiger partial charge in [0, 0.05) is 11.9 Å². The van der Waals surface area contributed by atoms with E-state index in [4.69, 9.17) is 4.52 Å². The van der Waals surface area contributed by atoms with Gasteiger partial charge < -0.3 is 9.42 Å². The highest BCUT2D eigenvalue weighted by Gasteiger charge is 2.15. The second-order valence-corrected chi connectivity index (χ2v) is 4.72. The topological polar surface area (TPSA) is 62.1 Å². The van der Waals surface area contributed by atoms with Crippen molar-refractivity contribution in [2.45, 2.75) is 6.54 Å². The molecular weight excluding hydrogens is 249 g/mol. The molecule has 5 nitrogen and oxygen atoms in total. The van der Waals surface area contributed by atoms with Gasteiger partial charge in [0.15, 0.2) is 0 Å². The van der Waals surface area contributed by atoms with Crippen molar-refractivity contribution in [2.75, 3.05) is 14.1 Å². The van der Waals surface area contributed by atoms with E-state index in [-0.39, 0.29) is 5.56 Å². The first-order valence-electron chi connectivity index (χ1n) is 5.81. The molecule has 0 bridgehead atoms. The van der Waals surface area contributed by atoms with Gasteiger partial charge in [-0.15, -0.1) is 0 Å². The Kier molecular flexibility index (Phi) is 2.60. The van der Waals surface area contributed by atoms with Gasteiger partial charge in [0.25, 0.3) is 5.56 Å². The summed E-state index contributed by atoms with van der Waals surface area (Å²) in [4.78, 5) is 16.4. The minimum absolute atomic E-state index is 0.302. The maximum absolute atomic E-state index is 13.3. The fraction of sp³-hybridized carbons (Fsp3) is 0.231. The van der Waals surface area contributed by atoms with Crippen molar-refractivity contribution in [2.24, 2.45) is 0 Å². The number of hydrogen-bond acceptors (Lipinski definition) is 4. The number of benzene rings is 1. The van der Waals surface area contributed by atoms with Crippen LogP contribution in [0, 0.1) is 5.82 Å². The monoisotopic (exact) mass is 261 g/mol. The number of H-pyrrole nitrogens is 1. The average molecular weight is 261 g/mol. The van der Waals surface area contributed by atoms with E-state index >= 15 is 0 Å². The molecule has 0 spiro atoms. The molecule has 1 N–H and O–H groups in total. The maximum atomic E-state index is 13.3. The van der Waals surface area contributed by atoms with Gasteiger partial charge in [-0.1, -0.05) is 11.2 Å². The molecule has 2 aromatic heterocycles. The second kappa shape index (κ2) is 4.17. The van der Waals surface area contributed by atoms with Gasteiger partial charge in [0.2, 0.25) is 5.71 Å². The van der Waals surface area contributed by atoms with Crippen LogP contribution in [0.25, 0.3) is 21.9 Å². The molecule has 3 rings (SSSR count). The predicted octanol–water partition coefficient (Wildman–Crippen LogP) is 1.87. The molecule has 98 valence electrons. The SMILES string of the molecule is CN(C)Cc1noc2[nH]c(=O)c3cc(F)ccc3c12. The first-order valence-corrected chi connectivity index (χ1v) is 5.81. The van der Waals surface area contributed by atoms with Gasteiger partial charge in [-0.2, -0.15) is 0 Å². The van der Waals surface area contributed by atoms with E-state index < -0.39 is 5.82 Å². The summed E-state index contributed by atoms with van der Waals surface area (Å²) >= 11 is 0. The number of nitrogens with one attached hydrogen (secondary N) is 1. The van der Waals surface area contributed by atoms with Gasteiger partial charge in [-0.25, -0.2) is 4.39 Å². The maximum Gasteiger partial charge on any atom is 0.258 e. The van der Waals surface area contributed by atoms with Crippen molar-refractivity contribution in [3.05, 3.63) is 40.1 Å². The van der Waals surface area contributed by atoms with E-state index in [1.54, 1.807) is 6.07 Å². The third-order valence-corrected chi connectivity index (χ3v) is 2.95.